The van der Waals surface area contributed by atoms with Gasteiger partial charge in [-0.2, -0.15) is 0 Å². The van der Waals surface area contributed by atoms with Crippen molar-refractivity contribution in [3.8, 4) is 5.75 Å². The number of rotatable bonds is 5. The minimum absolute atomic E-state index is 0.220. The molecule has 0 aliphatic heterocycles. The van der Waals surface area contributed by atoms with Gasteiger partial charge in [-0.25, -0.2) is 9.66 Å². The quantitative estimate of drug-likeness (QED) is 0.736. The highest BCUT2D eigenvalue weighted by Crippen LogP contribution is 2.13. The van der Waals surface area contributed by atoms with Gasteiger partial charge in [-0.1, -0.05) is 24.3 Å². The van der Waals surface area contributed by atoms with E-state index in [9.17, 15) is 4.79 Å². The number of benzene rings is 2. The lowest BCUT2D eigenvalue weighted by molar-refractivity contribution is -0.112. The number of para-hydroxylation sites is 2. The smallest absolute Gasteiger partial charge is 0.262 e. The first-order chi connectivity index (χ1) is 11.3. The molecule has 5 heteroatoms. The molecule has 0 fully saturated rings. The van der Waals surface area contributed by atoms with Gasteiger partial charge in [0.2, 0.25) is 0 Å². The zero-order valence-electron chi connectivity index (χ0n) is 12.8. The maximum absolute atomic E-state index is 12.0. The number of ether oxygens (including phenoxy) is 1. The van der Waals surface area contributed by atoms with Crippen molar-refractivity contribution in [1.82, 2.24) is 9.66 Å². The van der Waals surface area contributed by atoms with Crippen molar-refractivity contribution >= 4 is 23.0 Å². The zero-order chi connectivity index (χ0) is 16.1. The normalized spacial score (nSPS) is 11.0. The van der Waals surface area contributed by atoms with Crippen molar-refractivity contribution < 1.29 is 9.53 Å². The second-order valence-electron chi connectivity index (χ2n) is 4.91. The number of nitrogens with zero attached hydrogens (tertiary/aromatic N) is 2. The molecule has 0 saturated carbocycles. The fourth-order valence-corrected chi connectivity index (χ4v) is 2.22. The van der Waals surface area contributed by atoms with Gasteiger partial charge in [0.05, 0.1) is 17.6 Å². The molecule has 1 aromatic heterocycles. The number of nitrogens with one attached hydrogen (secondary N) is 1. The van der Waals surface area contributed by atoms with Crippen LogP contribution >= 0.6 is 0 Å². The third-order valence-electron chi connectivity index (χ3n) is 3.30. The molecule has 0 unspecified atom stereocenters. The van der Waals surface area contributed by atoms with Crippen LogP contribution in [0.1, 0.15) is 12.5 Å². The lowest BCUT2D eigenvalue weighted by Crippen LogP contribution is -2.19. The van der Waals surface area contributed by atoms with Crippen LogP contribution in [-0.4, -0.2) is 22.2 Å². The molecule has 3 aromatic rings. The second-order valence-corrected chi connectivity index (χ2v) is 4.91. The molecule has 1 N–H and O–H groups in total. The molecule has 0 spiro atoms. The van der Waals surface area contributed by atoms with Gasteiger partial charge >= 0.3 is 0 Å². The number of hydrogen-bond donors (Lipinski definition) is 1. The predicted molar refractivity (Wildman–Crippen MR) is 90.7 cm³/mol. The molecule has 3 rings (SSSR count). The second kappa shape index (κ2) is 6.79. The summed E-state index contributed by atoms with van der Waals surface area (Å²) in [5.41, 5.74) is 5.39. The number of imidazole rings is 1. The fourth-order valence-electron chi connectivity index (χ4n) is 2.22. The number of aromatic nitrogens is 2. The fraction of sp³-hybridized carbons (Fsp3) is 0.111. The summed E-state index contributed by atoms with van der Waals surface area (Å²) in [7, 11) is 0. The highest BCUT2D eigenvalue weighted by Gasteiger charge is 2.03. The summed E-state index contributed by atoms with van der Waals surface area (Å²) < 4.78 is 7.00. The molecule has 116 valence electrons. The lowest BCUT2D eigenvalue weighted by atomic mass is 10.2. The molecule has 0 atom stereocenters. The number of carbonyl (C=O) groups is 1. The van der Waals surface area contributed by atoms with Gasteiger partial charge in [0, 0.05) is 6.08 Å². The van der Waals surface area contributed by atoms with Crippen molar-refractivity contribution in [3.63, 3.8) is 0 Å². The van der Waals surface area contributed by atoms with E-state index < -0.39 is 0 Å². The van der Waals surface area contributed by atoms with Crippen LogP contribution in [0.3, 0.4) is 0 Å². The third kappa shape index (κ3) is 3.58. The Morgan fingerprint density at radius 3 is 2.78 bits per heavy atom. The van der Waals surface area contributed by atoms with Gasteiger partial charge in [-0.3, -0.25) is 10.2 Å². The van der Waals surface area contributed by atoms with E-state index in [0.29, 0.717) is 6.61 Å². The molecule has 23 heavy (non-hydrogen) atoms. The lowest BCUT2D eigenvalue weighted by Gasteiger charge is -2.04. The number of carbonyl (C=O) groups excluding carboxylic acids is 1. The summed E-state index contributed by atoms with van der Waals surface area (Å²) in [6.45, 7) is 2.58. The average molecular weight is 307 g/mol. The number of amides is 1. The van der Waals surface area contributed by atoms with Crippen molar-refractivity contribution in [3.05, 3.63) is 66.5 Å². The Labute approximate surface area is 134 Å². The molecule has 0 aliphatic rings. The number of hydrogen-bond acceptors (Lipinski definition) is 3. The van der Waals surface area contributed by atoms with Crippen molar-refractivity contribution in [2.75, 3.05) is 12.0 Å². The molecule has 0 radical (unpaired) electrons. The molecule has 0 saturated heterocycles. The van der Waals surface area contributed by atoms with Gasteiger partial charge in [0.1, 0.15) is 12.1 Å². The molecule has 0 bridgehead atoms. The summed E-state index contributed by atoms with van der Waals surface area (Å²) in [6, 6.07) is 15.2. The Kier molecular flexibility index (Phi) is 4.38. The van der Waals surface area contributed by atoms with Gasteiger partial charge in [-0.05, 0) is 42.8 Å². The van der Waals surface area contributed by atoms with E-state index >= 15 is 0 Å². The maximum Gasteiger partial charge on any atom is 0.262 e. The predicted octanol–water partition coefficient (Wildman–Crippen LogP) is 3.22. The first-order valence-corrected chi connectivity index (χ1v) is 7.40. The van der Waals surface area contributed by atoms with Crippen molar-refractivity contribution in [2.24, 2.45) is 0 Å². The summed E-state index contributed by atoms with van der Waals surface area (Å²) in [4.78, 5) is 16.3. The average Bonchev–Trinajstić information content (AvgIpc) is 2.98. The third-order valence-corrected chi connectivity index (χ3v) is 3.30. The van der Waals surface area contributed by atoms with Gasteiger partial charge in [0.15, 0.2) is 0 Å². The summed E-state index contributed by atoms with van der Waals surface area (Å²) in [6.07, 6.45) is 4.84. The Morgan fingerprint density at radius 2 is 2.00 bits per heavy atom. The Hall–Kier alpha value is -3.08. The van der Waals surface area contributed by atoms with E-state index in [2.05, 4.69) is 10.4 Å². The Bertz CT molecular complexity index is 835. The van der Waals surface area contributed by atoms with Crippen molar-refractivity contribution in [1.29, 1.82) is 0 Å². The van der Waals surface area contributed by atoms with Crippen molar-refractivity contribution in [2.45, 2.75) is 6.92 Å². The Balaban J connectivity index is 1.66. The number of fused-ring (bicyclic) bond motifs is 1. The molecular formula is C18H17N3O2. The first kappa shape index (κ1) is 14.8. The summed E-state index contributed by atoms with van der Waals surface area (Å²) in [5, 5.41) is 0. The van der Waals surface area contributed by atoms with E-state index in [4.69, 9.17) is 4.74 Å². The SMILES string of the molecule is CCOc1ccc(/C=C/C(=O)Nn2cnc3ccccc32)cc1. The van der Waals surface area contributed by atoms with Crippen LogP contribution in [-0.2, 0) is 4.79 Å². The Morgan fingerprint density at radius 1 is 1.22 bits per heavy atom. The van der Waals surface area contributed by atoms with Crippen LogP contribution in [0.5, 0.6) is 5.75 Å². The topological polar surface area (TPSA) is 56.1 Å². The molecule has 1 heterocycles. The first-order valence-electron chi connectivity index (χ1n) is 7.40. The van der Waals surface area contributed by atoms with E-state index in [1.807, 2.05) is 55.5 Å². The van der Waals surface area contributed by atoms with E-state index in [0.717, 1.165) is 22.3 Å². The molecule has 5 nitrogen and oxygen atoms in total. The monoisotopic (exact) mass is 307 g/mol. The highest BCUT2D eigenvalue weighted by atomic mass is 16.5. The van der Waals surface area contributed by atoms with Crippen LogP contribution in [0.25, 0.3) is 17.1 Å². The van der Waals surface area contributed by atoms with Crippen LogP contribution in [0, 0.1) is 0 Å². The van der Waals surface area contributed by atoms with E-state index in [-0.39, 0.29) is 5.91 Å². The largest absolute Gasteiger partial charge is 0.494 e. The van der Waals surface area contributed by atoms with E-state index in [1.54, 1.807) is 17.1 Å². The molecular weight excluding hydrogens is 290 g/mol. The van der Waals surface area contributed by atoms with Crippen LogP contribution in [0.4, 0.5) is 0 Å². The molecule has 1 amide bonds. The van der Waals surface area contributed by atoms with Gasteiger partial charge in [-0.15, -0.1) is 0 Å². The van der Waals surface area contributed by atoms with Gasteiger partial charge in [0.25, 0.3) is 5.91 Å². The zero-order valence-corrected chi connectivity index (χ0v) is 12.8. The maximum atomic E-state index is 12.0. The van der Waals surface area contributed by atoms with Crippen LogP contribution < -0.4 is 10.2 Å². The van der Waals surface area contributed by atoms with Gasteiger partial charge < -0.3 is 4.74 Å². The molecule has 0 aliphatic carbocycles. The minimum Gasteiger partial charge on any atom is -0.494 e. The minimum atomic E-state index is -0.220. The highest BCUT2D eigenvalue weighted by molar-refractivity contribution is 5.98. The summed E-state index contributed by atoms with van der Waals surface area (Å²) >= 11 is 0. The molecule has 2 aromatic carbocycles. The van der Waals surface area contributed by atoms with Crippen LogP contribution in [0.2, 0.25) is 0 Å². The van der Waals surface area contributed by atoms with E-state index in [1.165, 1.54) is 6.08 Å². The standard InChI is InChI=1S/C18H17N3O2/c1-2-23-15-10-7-14(8-11-15)9-12-18(22)20-21-13-19-16-5-3-4-6-17(16)21/h3-13H,2H2,1H3,(H,20,22)/b12-9+. The summed E-state index contributed by atoms with van der Waals surface area (Å²) in [5.74, 6) is 0.598. The van der Waals surface area contributed by atoms with Crippen LogP contribution in [0.15, 0.2) is 60.9 Å².